The molecule has 0 spiro atoms. The molecule has 0 saturated heterocycles. The number of aromatic amines is 1. The Hall–Kier alpha value is -2.66. The molecule has 0 radical (unpaired) electrons. The number of H-pyrrole nitrogens is 1. The average Bonchev–Trinajstić information content (AvgIpc) is 3.28. The second kappa shape index (κ2) is 7.53. The number of halogens is 3. The molecule has 0 unspecified atom stereocenters. The normalized spacial score (nSPS) is 12.4. The molecule has 0 fully saturated rings. The molecule has 7 nitrogen and oxygen atoms in total. The zero-order chi connectivity index (χ0) is 19.5. The van der Waals surface area contributed by atoms with Crippen molar-refractivity contribution in [3.05, 3.63) is 54.0 Å². The second-order valence-electron chi connectivity index (χ2n) is 5.61. The highest BCUT2D eigenvalue weighted by atomic mass is 32.2. The molecule has 0 bridgehead atoms. The van der Waals surface area contributed by atoms with Crippen molar-refractivity contribution >= 4 is 10.0 Å². The van der Waals surface area contributed by atoms with Crippen LogP contribution in [0, 0.1) is 0 Å². The minimum atomic E-state index is -4.58. The molecular formula is C16H15F3N4O3S. The summed E-state index contributed by atoms with van der Waals surface area (Å²) in [4.78, 5) is 4.14. The van der Waals surface area contributed by atoms with Crippen molar-refractivity contribution in [3.63, 3.8) is 0 Å². The van der Waals surface area contributed by atoms with Crippen molar-refractivity contribution < 1.29 is 26.0 Å². The summed E-state index contributed by atoms with van der Waals surface area (Å²) in [5.74, 6) is -0.0874. The Morgan fingerprint density at radius 1 is 1.19 bits per heavy atom. The quantitative estimate of drug-likeness (QED) is 0.594. The minimum Gasteiger partial charge on any atom is -0.442 e. The number of pyridine rings is 1. The minimum absolute atomic E-state index is 0.0874. The van der Waals surface area contributed by atoms with E-state index in [-0.39, 0.29) is 18.0 Å². The van der Waals surface area contributed by atoms with E-state index in [4.69, 9.17) is 4.42 Å². The third-order valence-electron chi connectivity index (χ3n) is 3.61. The molecule has 0 aromatic carbocycles. The number of aryl methyl sites for hydroxylation is 1. The van der Waals surface area contributed by atoms with Crippen molar-refractivity contribution in [3.8, 4) is 11.5 Å². The Morgan fingerprint density at radius 2 is 2.00 bits per heavy atom. The number of alkyl halides is 3. The van der Waals surface area contributed by atoms with Crippen LogP contribution in [0.4, 0.5) is 13.2 Å². The standard InChI is InChI=1S/C16H15F3N4O3S/c17-16(18,19)14-10-12(22-23-14)13-6-7-15(26-13)27(24,25)21-9-3-5-11-4-1-2-8-20-11/h1-2,4,6-8,10,21H,3,5,9H2,(H,22,23). The average molecular weight is 400 g/mol. The van der Waals surface area contributed by atoms with E-state index in [1.165, 1.54) is 12.1 Å². The number of sulfonamides is 1. The van der Waals surface area contributed by atoms with Gasteiger partial charge >= 0.3 is 6.18 Å². The van der Waals surface area contributed by atoms with Gasteiger partial charge in [-0.15, -0.1) is 0 Å². The Morgan fingerprint density at radius 3 is 2.67 bits per heavy atom. The van der Waals surface area contributed by atoms with Crippen LogP contribution >= 0.6 is 0 Å². The summed E-state index contributed by atoms with van der Waals surface area (Å²) in [6.07, 6.45) is -1.80. The van der Waals surface area contributed by atoms with Crippen molar-refractivity contribution in [2.24, 2.45) is 0 Å². The molecule has 0 atom stereocenters. The fraction of sp³-hybridized carbons (Fsp3) is 0.250. The number of nitrogens with zero attached hydrogens (tertiary/aromatic N) is 2. The highest BCUT2D eigenvalue weighted by Gasteiger charge is 2.33. The van der Waals surface area contributed by atoms with Crippen molar-refractivity contribution in [1.82, 2.24) is 19.9 Å². The number of nitrogens with one attached hydrogen (secondary N) is 2. The van der Waals surface area contributed by atoms with Crippen LogP contribution in [-0.2, 0) is 22.6 Å². The lowest BCUT2D eigenvalue weighted by atomic mass is 10.2. The summed E-state index contributed by atoms with van der Waals surface area (Å²) in [6, 6.07) is 8.63. The molecule has 3 aromatic heterocycles. The first-order chi connectivity index (χ1) is 12.8. The van der Waals surface area contributed by atoms with Crippen LogP contribution in [0.3, 0.4) is 0 Å². The molecule has 0 saturated carbocycles. The van der Waals surface area contributed by atoms with Gasteiger partial charge in [-0.05, 0) is 43.2 Å². The lowest BCUT2D eigenvalue weighted by Gasteiger charge is -2.04. The number of furan rings is 1. The first-order valence-electron chi connectivity index (χ1n) is 7.88. The fourth-order valence-electron chi connectivity index (χ4n) is 2.29. The van der Waals surface area contributed by atoms with E-state index in [0.29, 0.717) is 12.8 Å². The first-order valence-corrected chi connectivity index (χ1v) is 9.36. The summed E-state index contributed by atoms with van der Waals surface area (Å²) in [5, 5.41) is 4.94. The van der Waals surface area contributed by atoms with Gasteiger partial charge in [-0.25, -0.2) is 13.1 Å². The zero-order valence-electron chi connectivity index (χ0n) is 13.8. The SMILES string of the molecule is O=S(=O)(NCCCc1ccccn1)c1ccc(-c2cc(C(F)(F)F)[nH]n2)o1. The Balaban J connectivity index is 1.61. The predicted molar refractivity (Wildman–Crippen MR) is 89.0 cm³/mol. The molecule has 0 aliphatic carbocycles. The Bertz CT molecular complexity index is 997. The molecule has 2 N–H and O–H groups in total. The van der Waals surface area contributed by atoms with Gasteiger partial charge in [0.05, 0.1) is 0 Å². The van der Waals surface area contributed by atoms with E-state index in [1.807, 2.05) is 17.2 Å². The molecule has 0 aliphatic rings. The van der Waals surface area contributed by atoms with Crippen LogP contribution in [0.15, 0.2) is 52.1 Å². The molecule has 27 heavy (non-hydrogen) atoms. The molecule has 0 amide bonds. The monoisotopic (exact) mass is 400 g/mol. The molecule has 11 heteroatoms. The molecule has 3 heterocycles. The molecule has 3 rings (SSSR count). The maximum absolute atomic E-state index is 12.6. The summed E-state index contributed by atoms with van der Waals surface area (Å²) < 4.78 is 69.8. The van der Waals surface area contributed by atoms with Crippen molar-refractivity contribution in [1.29, 1.82) is 0 Å². The van der Waals surface area contributed by atoms with Crippen LogP contribution in [0.5, 0.6) is 0 Å². The Kier molecular flexibility index (Phi) is 5.33. The van der Waals surface area contributed by atoms with Crippen molar-refractivity contribution in [2.75, 3.05) is 6.54 Å². The van der Waals surface area contributed by atoms with Gasteiger partial charge in [0.2, 0.25) is 5.09 Å². The van der Waals surface area contributed by atoms with E-state index >= 15 is 0 Å². The van der Waals surface area contributed by atoms with Crippen molar-refractivity contribution in [2.45, 2.75) is 24.1 Å². The van der Waals surface area contributed by atoms with Crippen LogP contribution in [-0.4, -0.2) is 30.1 Å². The highest BCUT2D eigenvalue weighted by molar-refractivity contribution is 7.89. The number of rotatable bonds is 7. The third-order valence-corrected chi connectivity index (χ3v) is 4.94. The summed E-state index contributed by atoms with van der Waals surface area (Å²) in [7, 11) is -3.92. The molecular weight excluding hydrogens is 385 g/mol. The summed E-state index contributed by atoms with van der Waals surface area (Å²) in [5.41, 5.74) is -0.346. The Labute approximate surface area is 152 Å². The smallest absolute Gasteiger partial charge is 0.432 e. The van der Waals surface area contributed by atoms with E-state index < -0.39 is 27.0 Å². The van der Waals surface area contributed by atoms with Gasteiger partial charge in [-0.2, -0.15) is 18.3 Å². The lowest BCUT2D eigenvalue weighted by Crippen LogP contribution is -2.24. The van der Waals surface area contributed by atoms with Crippen LogP contribution in [0.1, 0.15) is 17.8 Å². The van der Waals surface area contributed by atoms with E-state index in [2.05, 4.69) is 14.8 Å². The molecule has 3 aromatic rings. The maximum Gasteiger partial charge on any atom is 0.432 e. The van der Waals surface area contributed by atoms with Crippen LogP contribution in [0.2, 0.25) is 0 Å². The van der Waals surface area contributed by atoms with Gasteiger partial charge in [0.15, 0.2) is 5.76 Å². The first kappa shape index (κ1) is 19.1. The van der Waals surface area contributed by atoms with E-state index in [1.54, 1.807) is 12.3 Å². The number of hydrogen-bond acceptors (Lipinski definition) is 5. The van der Waals surface area contributed by atoms with Crippen LogP contribution < -0.4 is 4.72 Å². The van der Waals surface area contributed by atoms with Gasteiger partial charge in [0, 0.05) is 18.4 Å². The van der Waals surface area contributed by atoms with E-state index in [9.17, 15) is 21.6 Å². The summed E-state index contributed by atoms with van der Waals surface area (Å²) >= 11 is 0. The van der Waals surface area contributed by atoms with Gasteiger partial charge in [0.1, 0.15) is 11.4 Å². The lowest BCUT2D eigenvalue weighted by molar-refractivity contribution is -0.141. The second-order valence-corrected chi connectivity index (χ2v) is 7.30. The number of hydrogen-bond donors (Lipinski definition) is 2. The third kappa shape index (κ3) is 4.74. The predicted octanol–water partition coefficient (Wildman–Crippen LogP) is 2.99. The summed E-state index contributed by atoms with van der Waals surface area (Å²) in [6.45, 7) is 0.162. The van der Waals surface area contributed by atoms with E-state index in [0.717, 1.165) is 11.8 Å². The van der Waals surface area contributed by atoms with Gasteiger partial charge in [-0.3, -0.25) is 10.1 Å². The molecule has 144 valence electrons. The van der Waals surface area contributed by atoms with Crippen LogP contribution in [0.25, 0.3) is 11.5 Å². The largest absolute Gasteiger partial charge is 0.442 e. The topological polar surface area (TPSA) is 101 Å². The fourth-order valence-corrected chi connectivity index (χ4v) is 3.29. The van der Waals surface area contributed by atoms with Gasteiger partial charge < -0.3 is 4.42 Å². The maximum atomic E-state index is 12.6. The highest BCUT2D eigenvalue weighted by Crippen LogP contribution is 2.31. The van der Waals surface area contributed by atoms with Gasteiger partial charge in [0.25, 0.3) is 10.0 Å². The van der Waals surface area contributed by atoms with Gasteiger partial charge in [-0.1, -0.05) is 6.07 Å². The number of aromatic nitrogens is 3. The zero-order valence-corrected chi connectivity index (χ0v) is 14.6. The molecule has 0 aliphatic heterocycles.